The van der Waals surface area contributed by atoms with E-state index in [2.05, 4.69) is 6.92 Å². The van der Waals surface area contributed by atoms with E-state index in [9.17, 15) is 0 Å². The summed E-state index contributed by atoms with van der Waals surface area (Å²) >= 11 is 11.0. The van der Waals surface area contributed by atoms with E-state index in [-0.39, 0.29) is 5.38 Å². The zero-order chi connectivity index (χ0) is 6.41. The summed E-state index contributed by atoms with van der Waals surface area (Å²) in [5.41, 5.74) is 1.50. The first-order valence-electron chi connectivity index (χ1n) is 2.70. The first-order valence-corrected chi connectivity index (χ1v) is 3.57. The highest BCUT2D eigenvalue weighted by atomic mass is 35.5. The molecular formula is C6H10Cl2. The number of rotatable bonds is 3. The molecule has 0 N–H and O–H groups in total. The van der Waals surface area contributed by atoms with E-state index < -0.39 is 0 Å². The predicted octanol–water partition coefficient (Wildman–Crippen LogP) is 3.15. The molecule has 0 aromatic rings. The van der Waals surface area contributed by atoms with Crippen molar-refractivity contribution in [3.05, 3.63) is 11.6 Å². The highest BCUT2D eigenvalue weighted by Crippen LogP contribution is 2.06. The quantitative estimate of drug-likeness (QED) is 0.546. The van der Waals surface area contributed by atoms with Crippen molar-refractivity contribution in [3.8, 4) is 0 Å². The Labute approximate surface area is 60.5 Å². The lowest BCUT2D eigenvalue weighted by molar-refractivity contribution is 0.826. The summed E-state index contributed by atoms with van der Waals surface area (Å²) in [6.07, 6.45) is 3.74. The van der Waals surface area contributed by atoms with E-state index in [0.29, 0.717) is 0 Å². The van der Waals surface area contributed by atoms with Gasteiger partial charge in [-0.25, -0.2) is 0 Å². The van der Waals surface area contributed by atoms with Crippen molar-refractivity contribution in [2.45, 2.75) is 25.1 Å². The third kappa shape index (κ3) is 4.48. The number of alkyl halides is 1. The van der Waals surface area contributed by atoms with Crippen LogP contribution >= 0.6 is 23.2 Å². The van der Waals surface area contributed by atoms with Gasteiger partial charge in [0.15, 0.2) is 0 Å². The van der Waals surface area contributed by atoms with Gasteiger partial charge in [-0.2, -0.15) is 0 Å². The smallest absolute Gasteiger partial charge is 0.0368 e. The van der Waals surface area contributed by atoms with Gasteiger partial charge in [0, 0.05) is 10.9 Å². The summed E-state index contributed by atoms with van der Waals surface area (Å²) in [6.45, 7) is 2.06. The van der Waals surface area contributed by atoms with E-state index in [1.54, 1.807) is 0 Å². The minimum Gasteiger partial charge on any atom is -0.123 e. The highest BCUT2D eigenvalue weighted by Gasteiger charge is 1.94. The Kier molecular flexibility index (Phi) is 5.67. The molecule has 48 valence electrons. The molecule has 2 heteroatoms. The van der Waals surface area contributed by atoms with Crippen LogP contribution in [0.2, 0.25) is 0 Å². The van der Waals surface area contributed by atoms with Gasteiger partial charge in [0.1, 0.15) is 0 Å². The van der Waals surface area contributed by atoms with Gasteiger partial charge in [-0.3, -0.25) is 0 Å². The molecule has 1 unspecified atom stereocenters. The monoisotopic (exact) mass is 152 g/mol. The van der Waals surface area contributed by atoms with Crippen LogP contribution < -0.4 is 0 Å². The molecule has 0 bridgehead atoms. The van der Waals surface area contributed by atoms with Gasteiger partial charge in [0.2, 0.25) is 0 Å². The summed E-state index contributed by atoms with van der Waals surface area (Å²) < 4.78 is 0. The fourth-order valence-electron chi connectivity index (χ4n) is 0.366. The van der Waals surface area contributed by atoms with Crippen molar-refractivity contribution in [2.75, 3.05) is 0 Å². The molecule has 0 saturated carbocycles. The average molecular weight is 153 g/mol. The van der Waals surface area contributed by atoms with Gasteiger partial charge in [-0.05, 0) is 12.8 Å². The van der Waals surface area contributed by atoms with E-state index >= 15 is 0 Å². The molecule has 0 aromatic carbocycles. The van der Waals surface area contributed by atoms with Crippen LogP contribution in [0, 0.1) is 0 Å². The van der Waals surface area contributed by atoms with E-state index in [1.807, 2.05) is 6.08 Å². The van der Waals surface area contributed by atoms with Crippen LogP contribution in [0.4, 0.5) is 0 Å². The molecule has 0 nitrogen and oxygen atoms in total. The first-order chi connectivity index (χ1) is 3.81. The van der Waals surface area contributed by atoms with Crippen molar-refractivity contribution < 1.29 is 0 Å². The summed E-state index contributed by atoms with van der Waals surface area (Å²) in [6, 6.07) is 0. The SMILES string of the molecule is CCC(Cl)CC=CCl. The number of allylic oxidation sites excluding steroid dienone is 1. The van der Waals surface area contributed by atoms with E-state index in [4.69, 9.17) is 23.2 Å². The van der Waals surface area contributed by atoms with Gasteiger partial charge >= 0.3 is 0 Å². The molecule has 0 spiro atoms. The van der Waals surface area contributed by atoms with Crippen LogP contribution in [0.25, 0.3) is 0 Å². The van der Waals surface area contributed by atoms with Crippen LogP contribution in [-0.4, -0.2) is 5.38 Å². The molecule has 0 aromatic heterocycles. The molecule has 0 aliphatic heterocycles. The second-order valence-electron chi connectivity index (χ2n) is 1.60. The molecule has 8 heavy (non-hydrogen) atoms. The topological polar surface area (TPSA) is 0 Å². The van der Waals surface area contributed by atoms with Crippen LogP contribution in [0.15, 0.2) is 11.6 Å². The van der Waals surface area contributed by atoms with Crippen LogP contribution in [0.3, 0.4) is 0 Å². The Morgan fingerprint density at radius 3 is 2.62 bits per heavy atom. The Morgan fingerprint density at radius 2 is 2.25 bits per heavy atom. The van der Waals surface area contributed by atoms with Gasteiger partial charge < -0.3 is 0 Å². The maximum Gasteiger partial charge on any atom is 0.0368 e. The third-order valence-electron chi connectivity index (χ3n) is 0.924. The van der Waals surface area contributed by atoms with Crippen molar-refractivity contribution in [2.24, 2.45) is 0 Å². The number of hydrogen-bond donors (Lipinski definition) is 0. The second kappa shape index (κ2) is 5.46. The molecule has 0 aliphatic rings. The normalized spacial score (nSPS) is 14.9. The molecule has 0 saturated heterocycles. The average Bonchev–Trinajstić information content (AvgIpc) is 1.83. The van der Waals surface area contributed by atoms with Gasteiger partial charge in [0.25, 0.3) is 0 Å². The van der Waals surface area contributed by atoms with Crippen LogP contribution in [-0.2, 0) is 0 Å². The molecular weight excluding hydrogens is 143 g/mol. The Bertz CT molecular complexity index is 68.9. The lowest BCUT2D eigenvalue weighted by Crippen LogP contribution is -1.90. The van der Waals surface area contributed by atoms with E-state index in [0.717, 1.165) is 12.8 Å². The van der Waals surface area contributed by atoms with Crippen molar-refractivity contribution in [1.29, 1.82) is 0 Å². The van der Waals surface area contributed by atoms with Crippen molar-refractivity contribution in [3.63, 3.8) is 0 Å². The zero-order valence-electron chi connectivity index (χ0n) is 4.90. The van der Waals surface area contributed by atoms with Gasteiger partial charge in [0.05, 0.1) is 0 Å². The predicted molar refractivity (Wildman–Crippen MR) is 39.5 cm³/mol. The maximum atomic E-state index is 5.73. The lowest BCUT2D eigenvalue weighted by atomic mass is 10.2. The largest absolute Gasteiger partial charge is 0.123 e. The Balaban J connectivity index is 3.10. The summed E-state index contributed by atoms with van der Waals surface area (Å²) in [4.78, 5) is 0. The number of halogens is 2. The molecule has 0 radical (unpaired) electrons. The van der Waals surface area contributed by atoms with Gasteiger partial charge in [-0.1, -0.05) is 24.6 Å². The zero-order valence-corrected chi connectivity index (χ0v) is 6.41. The first kappa shape index (κ1) is 8.32. The second-order valence-corrected chi connectivity index (χ2v) is 2.47. The fourth-order valence-corrected chi connectivity index (χ4v) is 0.571. The summed E-state index contributed by atoms with van der Waals surface area (Å²) in [5, 5.41) is 0.255. The standard InChI is InChI=1S/C6H10Cl2/c1-2-6(8)4-3-5-7/h3,5-6H,2,4H2,1H3. The molecule has 0 rings (SSSR count). The van der Waals surface area contributed by atoms with Gasteiger partial charge in [-0.15, -0.1) is 11.6 Å². The Morgan fingerprint density at radius 1 is 1.62 bits per heavy atom. The van der Waals surface area contributed by atoms with Crippen molar-refractivity contribution >= 4 is 23.2 Å². The maximum absolute atomic E-state index is 5.73. The molecule has 0 fully saturated rings. The third-order valence-corrected chi connectivity index (χ3v) is 1.59. The summed E-state index contributed by atoms with van der Waals surface area (Å²) in [5.74, 6) is 0. The number of hydrogen-bond acceptors (Lipinski definition) is 0. The molecule has 0 amide bonds. The Hall–Kier alpha value is 0.320. The highest BCUT2D eigenvalue weighted by molar-refractivity contribution is 6.25. The molecule has 0 heterocycles. The summed E-state index contributed by atoms with van der Waals surface area (Å²) in [7, 11) is 0. The van der Waals surface area contributed by atoms with Crippen LogP contribution in [0.1, 0.15) is 19.8 Å². The lowest BCUT2D eigenvalue weighted by Gasteiger charge is -1.97. The van der Waals surface area contributed by atoms with Crippen LogP contribution in [0.5, 0.6) is 0 Å². The minimum absolute atomic E-state index is 0.255. The fraction of sp³-hybridized carbons (Fsp3) is 0.667. The molecule has 1 atom stereocenters. The minimum atomic E-state index is 0.255. The molecule has 0 aliphatic carbocycles. The van der Waals surface area contributed by atoms with E-state index in [1.165, 1.54) is 5.54 Å². The van der Waals surface area contributed by atoms with Crippen molar-refractivity contribution in [1.82, 2.24) is 0 Å².